The van der Waals surface area contributed by atoms with Gasteiger partial charge in [0.15, 0.2) is 11.5 Å². The van der Waals surface area contributed by atoms with Crippen LogP contribution in [-0.4, -0.2) is 40.3 Å². The average molecular weight is 427 g/mol. The van der Waals surface area contributed by atoms with E-state index in [0.717, 1.165) is 9.87 Å². The number of rotatable bonds is 8. The molecule has 3 aromatic rings. The zero-order valence-corrected chi connectivity index (χ0v) is 17.3. The summed E-state index contributed by atoms with van der Waals surface area (Å²) < 4.78 is 38.2. The molecule has 0 saturated carbocycles. The summed E-state index contributed by atoms with van der Waals surface area (Å²) in [5.74, 6) is -0.682. The molecule has 0 unspecified atom stereocenters. The van der Waals surface area contributed by atoms with Gasteiger partial charge in [0, 0.05) is 11.6 Å². The fourth-order valence-electron chi connectivity index (χ4n) is 3.08. The van der Waals surface area contributed by atoms with Gasteiger partial charge in [0.1, 0.15) is 6.54 Å². The van der Waals surface area contributed by atoms with E-state index >= 15 is 0 Å². The van der Waals surface area contributed by atoms with Crippen molar-refractivity contribution in [3.05, 3.63) is 72.8 Å². The maximum Gasteiger partial charge on any atom is 0.324 e. The SMILES string of the molecule is COc1ccc(S(=O)(=O)N(CC(=O)O)c2ccccc2-c2ccccc2)cc1OC. The minimum Gasteiger partial charge on any atom is -0.493 e. The standard InChI is InChI=1S/C22H21NO6S/c1-28-20-13-12-17(14-21(20)29-2)30(26,27)23(15-22(24)25)19-11-7-6-10-18(19)16-8-4-3-5-9-16/h3-14H,15H2,1-2H3,(H,24,25). The lowest BCUT2D eigenvalue weighted by atomic mass is 10.0. The first kappa shape index (κ1) is 21.2. The molecule has 3 aromatic carbocycles. The van der Waals surface area contributed by atoms with E-state index in [4.69, 9.17) is 9.47 Å². The molecular weight excluding hydrogens is 406 g/mol. The molecule has 0 radical (unpaired) electrons. The van der Waals surface area contributed by atoms with Crippen molar-refractivity contribution < 1.29 is 27.8 Å². The van der Waals surface area contributed by atoms with Gasteiger partial charge in [0.05, 0.1) is 24.8 Å². The zero-order valence-electron chi connectivity index (χ0n) is 16.5. The Hall–Kier alpha value is -3.52. The van der Waals surface area contributed by atoms with Crippen LogP contribution < -0.4 is 13.8 Å². The summed E-state index contributed by atoms with van der Waals surface area (Å²) in [7, 11) is -1.38. The summed E-state index contributed by atoms with van der Waals surface area (Å²) in [5, 5.41) is 9.45. The number of carbonyl (C=O) groups is 1. The third-order valence-corrected chi connectivity index (χ3v) is 6.24. The topological polar surface area (TPSA) is 93.1 Å². The Kier molecular flexibility index (Phi) is 6.27. The van der Waals surface area contributed by atoms with Crippen molar-refractivity contribution in [2.75, 3.05) is 25.1 Å². The second-order valence-corrected chi connectivity index (χ2v) is 8.17. The minimum atomic E-state index is -4.22. The minimum absolute atomic E-state index is 0.107. The molecule has 0 atom stereocenters. The highest BCUT2D eigenvalue weighted by Crippen LogP contribution is 2.36. The van der Waals surface area contributed by atoms with Gasteiger partial charge >= 0.3 is 5.97 Å². The number of sulfonamides is 1. The summed E-state index contributed by atoms with van der Waals surface area (Å²) in [6, 6.07) is 20.1. The van der Waals surface area contributed by atoms with Crippen LogP contribution in [0.3, 0.4) is 0 Å². The van der Waals surface area contributed by atoms with Gasteiger partial charge < -0.3 is 14.6 Å². The second kappa shape index (κ2) is 8.87. The van der Waals surface area contributed by atoms with Crippen molar-refractivity contribution in [1.29, 1.82) is 0 Å². The number of carboxylic acid groups (broad SMARTS) is 1. The van der Waals surface area contributed by atoms with Crippen LogP contribution in [0.5, 0.6) is 11.5 Å². The highest BCUT2D eigenvalue weighted by atomic mass is 32.2. The van der Waals surface area contributed by atoms with Gasteiger partial charge in [-0.3, -0.25) is 9.10 Å². The third-order valence-electron chi connectivity index (χ3n) is 4.48. The lowest BCUT2D eigenvalue weighted by Crippen LogP contribution is -2.36. The molecule has 0 saturated heterocycles. The summed E-state index contributed by atoms with van der Waals surface area (Å²) in [6.07, 6.45) is 0. The molecule has 0 spiro atoms. The normalized spacial score (nSPS) is 11.0. The van der Waals surface area contributed by atoms with E-state index in [1.165, 1.54) is 32.4 Å². The molecule has 0 heterocycles. The number of benzene rings is 3. The molecule has 0 aliphatic carbocycles. The molecule has 156 valence electrons. The van der Waals surface area contributed by atoms with Crippen LogP contribution >= 0.6 is 0 Å². The molecule has 0 fully saturated rings. The van der Waals surface area contributed by atoms with Crippen molar-refractivity contribution in [3.63, 3.8) is 0 Å². The van der Waals surface area contributed by atoms with Crippen molar-refractivity contribution in [2.45, 2.75) is 4.90 Å². The van der Waals surface area contributed by atoms with Gasteiger partial charge in [-0.25, -0.2) is 8.42 Å². The van der Waals surface area contributed by atoms with E-state index in [1.807, 2.05) is 30.3 Å². The van der Waals surface area contributed by atoms with Crippen LogP contribution in [0, 0.1) is 0 Å². The van der Waals surface area contributed by atoms with Crippen LogP contribution in [0.1, 0.15) is 0 Å². The molecule has 1 N–H and O–H groups in total. The van der Waals surface area contributed by atoms with Crippen molar-refractivity contribution in [1.82, 2.24) is 0 Å². The molecule has 0 aliphatic heterocycles. The summed E-state index contributed by atoms with van der Waals surface area (Å²) in [6.45, 7) is -0.736. The lowest BCUT2D eigenvalue weighted by molar-refractivity contribution is -0.135. The van der Waals surface area contributed by atoms with Gasteiger partial charge in [-0.05, 0) is 23.8 Å². The van der Waals surface area contributed by atoms with Crippen molar-refractivity contribution in [3.8, 4) is 22.6 Å². The van der Waals surface area contributed by atoms with Crippen molar-refractivity contribution in [2.24, 2.45) is 0 Å². The van der Waals surface area contributed by atoms with Crippen molar-refractivity contribution >= 4 is 21.7 Å². The number of aliphatic carboxylic acids is 1. The molecule has 8 heteroatoms. The summed E-state index contributed by atoms with van der Waals surface area (Å²) in [5.41, 5.74) is 1.63. The van der Waals surface area contributed by atoms with Gasteiger partial charge in [-0.2, -0.15) is 0 Å². The van der Waals surface area contributed by atoms with Gasteiger partial charge in [0.25, 0.3) is 10.0 Å². The average Bonchev–Trinajstić information content (AvgIpc) is 2.77. The summed E-state index contributed by atoms with van der Waals surface area (Å²) >= 11 is 0. The van der Waals surface area contributed by atoms with E-state index in [2.05, 4.69) is 0 Å². The monoisotopic (exact) mass is 427 g/mol. The molecule has 7 nitrogen and oxygen atoms in total. The van der Waals surface area contributed by atoms with Crippen LogP contribution in [0.4, 0.5) is 5.69 Å². The maximum absolute atomic E-state index is 13.5. The molecular formula is C22H21NO6S. The molecule has 3 rings (SSSR count). The Bertz CT molecular complexity index is 1150. The predicted octanol–water partition coefficient (Wildman–Crippen LogP) is 3.65. The first-order valence-electron chi connectivity index (χ1n) is 8.99. The van der Waals surface area contributed by atoms with Crippen LogP contribution in [0.2, 0.25) is 0 Å². The highest BCUT2D eigenvalue weighted by molar-refractivity contribution is 7.92. The second-order valence-electron chi connectivity index (χ2n) is 6.31. The largest absolute Gasteiger partial charge is 0.493 e. The Labute approximate surface area is 175 Å². The predicted molar refractivity (Wildman–Crippen MR) is 114 cm³/mol. The number of ether oxygens (including phenoxy) is 2. The van der Waals surface area contributed by atoms with Gasteiger partial charge in [-0.1, -0.05) is 48.5 Å². The highest BCUT2D eigenvalue weighted by Gasteiger charge is 2.30. The molecule has 0 amide bonds. The van der Waals surface area contributed by atoms with Gasteiger partial charge in [-0.15, -0.1) is 0 Å². The van der Waals surface area contributed by atoms with E-state index < -0.39 is 22.5 Å². The number of carboxylic acids is 1. The number of hydrogen-bond donors (Lipinski definition) is 1. The Morgan fingerprint density at radius 1 is 0.900 bits per heavy atom. The molecule has 0 aliphatic rings. The lowest BCUT2D eigenvalue weighted by Gasteiger charge is -2.25. The Balaban J connectivity index is 2.18. The third kappa shape index (κ3) is 4.23. The Morgan fingerprint density at radius 3 is 2.17 bits per heavy atom. The van der Waals surface area contributed by atoms with E-state index in [0.29, 0.717) is 11.3 Å². The van der Waals surface area contributed by atoms with E-state index in [1.54, 1.807) is 24.3 Å². The Morgan fingerprint density at radius 2 is 1.53 bits per heavy atom. The summed E-state index contributed by atoms with van der Waals surface area (Å²) in [4.78, 5) is 11.5. The van der Waals surface area contributed by atoms with Crippen LogP contribution in [-0.2, 0) is 14.8 Å². The van der Waals surface area contributed by atoms with E-state index in [9.17, 15) is 18.3 Å². The fraction of sp³-hybridized carbons (Fsp3) is 0.136. The van der Waals surface area contributed by atoms with Gasteiger partial charge in [0.2, 0.25) is 0 Å². The van der Waals surface area contributed by atoms with E-state index in [-0.39, 0.29) is 16.3 Å². The number of hydrogen-bond acceptors (Lipinski definition) is 5. The molecule has 0 bridgehead atoms. The maximum atomic E-state index is 13.5. The first-order chi connectivity index (χ1) is 14.4. The fourth-order valence-corrected chi connectivity index (χ4v) is 4.53. The smallest absolute Gasteiger partial charge is 0.324 e. The number of nitrogens with zero attached hydrogens (tertiary/aromatic N) is 1. The van der Waals surface area contributed by atoms with Crippen LogP contribution in [0.25, 0.3) is 11.1 Å². The quantitative estimate of drug-likeness (QED) is 0.590. The number of para-hydroxylation sites is 1. The zero-order chi connectivity index (χ0) is 21.7. The molecule has 30 heavy (non-hydrogen) atoms. The van der Waals surface area contributed by atoms with Crippen LogP contribution in [0.15, 0.2) is 77.7 Å². The molecule has 0 aromatic heterocycles. The number of anilines is 1. The first-order valence-corrected chi connectivity index (χ1v) is 10.4. The number of methoxy groups -OCH3 is 2.